The van der Waals surface area contributed by atoms with Crippen molar-refractivity contribution < 1.29 is 14.7 Å². The second-order valence-corrected chi connectivity index (χ2v) is 5.72. The third-order valence-corrected chi connectivity index (χ3v) is 3.40. The van der Waals surface area contributed by atoms with Gasteiger partial charge in [0.25, 0.3) is 0 Å². The molecule has 1 aliphatic carbocycles. The fraction of sp³-hybridized carbons (Fsp3) is 0.846. The average Bonchev–Trinajstić information content (AvgIpc) is 3.07. The monoisotopic (exact) mass is 256 g/mol. The summed E-state index contributed by atoms with van der Waals surface area (Å²) < 4.78 is 0. The summed E-state index contributed by atoms with van der Waals surface area (Å²) in [5, 5.41) is 9.18. The summed E-state index contributed by atoms with van der Waals surface area (Å²) in [5.74, 6) is -0.431. The first-order valence-electron chi connectivity index (χ1n) is 6.58. The highest BCUT2D eigenvalue weighted by molar-refractivity contribution is 5.86. The fourth-order valence-corrected chi connectivity index (χ4v) is 2.10. The highest BCUT2D eigenvalue weighted by atomic mass is 16.4. The van der Waals surface area contributed by atoms with Gasteiger partial charge in [-0.25, -0.2) is 4.79 Å². The van der Waals surface area contributed by atoms with Gasteiger partial charge in [-0.15, -0.1) is 0 Å². The van der Waals surface area contributed by atoms with Gasteiger partial charge in [0.1, 0.15) is 6.04 Å². The number of likely N-dealkylation sites (N-methyl/N-ethyl adjacent to an activating group) is 1. The van der Waals surface area contributed by atoms with Crippen molar-refractivity contribution in [1.82, 2.24) is 4.90 Å². The number of hydrogen-bond acceptors (Lipinski definition) is 3. The lowest BCUT2D eigenvalue weighted by Gasteiger charge is -2.28. The zero-order valence-corrected chi connectivity index (χ0v) is 11.4. The van der Waals surface area contributed by atoms with E-state index in [1.807, 2.05) is 13.8 Å². The first-order valence-corrected chi connectivity index (χ1v) is 6.58. The van der Waals surface area contributed by atoms with Gasteiger partial charge in [-0.2, -0.15) is 0 Å². The van der Waals surface area contributed by atoms with Crippen LogP contribution in [0.5, 0.6) is 0 Å². The van der Waals surface area contributed by atoms with E-state index in [4.69, 9.17) is 5.73 Å². The molecule has 0 aromatic rings. The number of carbonyl (C=O) groups is 2. The van der Waals surface area contributed by atoms with E-state index in [0.29, 0.717) is 18.8 Å². The third kappa shape index (κ3) is 4.29. The molecule has 1 rings (SSSR count). The van der Waals surface area contributed by atoms with Crippen molar-refractivity contribution in [1.29, 1.82) is 0 Å². The minimum Gasteiger partial charge on any atom is -0.480 e. The molecule has 1 amide bonds. The second-order valence-electron chi connectivity index (χ2n) is 5.72. The number of amides is 1. The average molecular weight is 256 g/mol. The molecule has 2 atom stereocenters. The number of hydrogen-bond donors (Lipinski definition) is 2. The van der Waals surface area contributed by atoms with Crippen LogP contribution in [-0.2, 0) is 9.59 Å². The minimum atomic E-state index is -0.960. The Morgan fingerprint density at radius 2 is 1.94 bits per heavy atom. The SMILES string of the molecule is CC(C)CC(C(=O)O)N(C)C(=O)C(N)CC1CC1. The molecule has 5 heteroatoms. The van der Waals surface area contributed by atoms with Gasteiger partial charge in [-0.05, 0) is 24.7 Å². The Kier molecular flexibility index (Phi) is 5.14. The molecule has 1 saturated carbocycles. The molecule has 3 N–H and O–H groups in total. The molecule has 0 saturated heterocycles. The molecule has 0 bridgehead atoms. The maximum atomic E-state index is 12.1. The lowest BCUT2D eigenvalue weighted by molar-refractivity contribution is -0.150. The van der Waals surface area contributed by atoms with Crippen molar-refractivity contribution in [3.05, 3.63) is 0 Å². The molecular formula is C13H24N2O3. The zero-order chi connectivity index (χ0) is 13.9. The quantitative estimate of drug-likeness (QED) is 0.713. The number of carboxylic acids is 1. The molecule has 0 heterocycles. The lowest BCUT2D eigenvalue weighted by atomic mass is 10.0. The van der Waals surface area contributed by atoms with E-state index in [9.17, 15) is 14.7 Å². The summed E-state index contributed by atoms with van der Waals surface area (Å²) in [6.07, 6.45) is 3.41. The van der Waals surface area contributed by atoms with Crippen molar-refractivity contribution in [2.45, 2.75) is 51.6 Å². The maximum Gasteiger partial charge on any atom is 0.326 e. The van der Waals surface area contributed by atoms with Gasteiger partial charge in [-0.3, -0.25) is 4.79 Å². The molecule has 0 aromatic heterocycles. The van der Waals surface area contributed by atoms with Gasteiger partial charge < -0.3 is 15.7 Å². The van der Waals surface area contributed by atoms with Crippen LogP contribution in [0, 0.1) is 11.8 Å². The van der Waals surface area contributed by atoms with Crippen LogP contribution in [0.4, 0.5) is 0 Å². The number of nitrogens with two attached hydrogens (primary N) is 1. The van der Waals surface area contributed by atoms with E-state index in [-0.39, 0.29) is 11.8 Å². The summed E-state index contributed by atoms with van der Waals surface area (Å²) in [7, 11) is 1.54. The third-order valence-electron chi connectivity index (χ3n) is 3.40. The minimum absolute atomic E-state index is 0.223. The van der Waals surface area contributed by atoms with Crippen LogP contribution in [0.2, 0.25) is 0 Å². The molecular weight excluding hydrogens is 232 g/mol. The standard InChI is InChI=1S/C13H24N2O3/c1-8(2)6-11(13(17)18)15(3)12(16)10(14)7-9-4-5-9/h8-11H,4-7,14H2,1-3H3,(H,17,18). The van der Waals surface area contributed by atoms with Gasteiger partial charge in [0.15, 0.2) is 0 Å². The first-order chi connectivity index (χ1) is 8.32. The molecule has 2 unspecified atom stereocenters. The van der Waals surface area contributed by atoms with Crippen LogP contribution in [0.3, 0.4) is 0 Å². The molecule has 18 heavy (non-hydrogen) atoms. The molecule has 1 fully saturated rings. The van der Waals surface area contributed by atoms with Crippen molar-refractivity contribution in [2.75, 3.05) is 7.05 Å². The fourth-order valence-electron chi connectivity index (χ4n) is 2.10. The Balaban J connectivity index is 2.59. The first kappa shape index (κ1) is 15.0. The van der Waals surface area contributed by atoms with Gasteiger partial charge in [0, 0.05) is 7.05 Å². The maximum absolute atomic E-state index is 12.1. The van der Waals surface area contributed by atoms with E-state index < -0.39 is 18.1 Å². The molecule has 104 valence electrons. The van der Waals surface area contributed by atoms with Gasteiger partial charge in [-0.1, -0.05) is 26.7 Å². The van der Waals surface area contributed by atoms with Gasteiger partial charge in [0.05, 0.1) is 6.04 Å². The summed E-state index contributed by atoms with van der Waals surface area (Å²) in [6, 6.07) is -1.33. The van der Waals surface area contributed by atoms with Gasteiger partial charge in [0.2, 0.25) is 5.91 Å². The summed E-state index contributed by atoms with van der Waals surface area (Å²) >= 11 is 0. The summed E-state index contributed by atoms with van der Waals surface area (Å²) in [6.45, 7) is 3.89. The highest BCUT2D eigenvalue weighted by Crippen LogP contribution is 2.33. The largest absolute Gasteiger partial charge is 0.480 e. The van der Waals surface area contributed by atoms with E-state index in [1.54, 1.807) is 0 Å². The predicted molar refractivity (Wildman–Crippen MR) is 69.0 cm³/mol. The van der Waals surface area contributed by atoms with Crippen LogP contribution in [0.1, 0.15) is 39.5 Å². The summed E-state index contributed by atoms with van der Waals surface area (Å²) in [4.78, 5) is 24.6. The molecule has 5 nitrogen and oxygen atoms in total. The van der Waals surface area contributed by atoms with E-state index in [2.05, 4.69) is 0 Å². The molecule has 0 radical (unpaired) electrons. The smallest absolute Gasteiger partial charge is 0.326 e. The Morgan fingerprint density at radius 1 is 1.39 bits per heavy atom. The van der Waals surface area contributed by atoms with Crippen LogP contribution < -0.4 is 5.73 Å². The van der Waals surface area contributed by atoms with Crippen LogP contribution >= 0.6 is 0 Å². The van der Waals surface area contributed by atoms with Crippen LogP contribution in [-0.4, -0.2) is 41.0 Å². The zero-order valence-electron chi connectivity index (χ0n) is 11.4. The molecule has 0 aliphatic heterocycles. The van der Waals surface area contributed by atoms with E-state index >= 15 is 0 Å². The van der Waals surface area contributed by atoms with Crippen molar-refractivity contribution in [3.8, 4) is 0 Å². The van der Waals surface area contributed by atoms with Crippen LogP contribution in [0.15, 0.2) is 0 Å². The van der Waals surface area contributed by atoms with Crippen LogP contribution in [0.25, 0.3) is 0 Å². The van der Waals surface area contributed by atoms with Crippen molar-refractivity contribution in [3.63, 3.8) is 0 Å². The van der Waals surface area contributed by atoms with Gasteiger partial charge >= 0.3 is 5.97 Å². The molecule has 0 aromatic carbocycles. The highest BCUT2D eigenvalue weighted by Gasteiger charge is 2.33. The lowest BCUT2D eigenvalue weighted by Crippen LogP contribution is -2.50. The summed E-state index contributed by atoms with van der Waals surface area (Å²) in [5.41, 5.74) is 5.84. The second kappa shape index (κ2) is 6.18. The Morgan fingerprint density at radius 3 is 2.33 bits per heavy atom. The predicted octanol–water partition coefficient (Wildman–Crippen LogP) is 1.07. The van der Waals surface area contributed by atoms with Crippen molar-refractivity contribution >= 4 is 11.9 Å². The topological polar surface area (TPSA) is 83.6 Å². The normalized spacial score (nSPS) is 18.5. The number of nitrogens with zero attached hydrogens (tertiary/aromatic N) is 1. The molecule has 1 aliphatic rings. The van der Waals surface area contributed by atoms with E-state index in [1.165, 1.54) is 11.9 Å². The Labute approximate surface area is 108 Å². The number of carbonyl (C=O) groups excluding carboxylic acids is 1. The number of aliphatic carboxylic acids is 1. The number of carboxylic acid groups (broad SMARTS) is 1. The Hall–Kier alpha value is -1.10. The van der Waals surface area contributed by atoms with E-state index in [0.717, 1.165) is 12.8 Å². The Bertz CT molecular complexity index is 313. The molecule has 0 spiro atoms. The number of rotatable bonds is 7. The van der Waals surface area contributed by atoms with Crippen molar-refractivity contribution in [2.24, 2.45) is 17.6 Å².